The Hall–Kier alpha value is -4.10. The quantitative estimate of drug-likeness (QED) is 0.420. The Morgan fingerprint density at radius 2 is 1.97 bits per heavy atom. The summed E-state index contributed by atoms with van der Waals surface area (Å²) in [5.74, 6) is 2.37. The molecule has 0 bridgehead atoms. The highest BCUT2D eigenvalue weighted by molar-refractivity contribution is 6.04. The number of nitrogens with one attached hydrogen (secondary N) is 1. The predicted octanol–water partition coefficient (Wildman–Crippen LogP) is 5.35. The Labute approximate surface area is 219 Å². The first kappa shape index (κ1) is 26.9. The Morgan fingerprint density at radius 3 is 2.68 bits per heavy atom. The van der Waals surface area contributed by atoms with Crippen LogP contribution < -0.4 is 15.0 Å². The van der Waals surface area contributed by atoms with Gasteiger partial charge in [-0.1, -0.05) is 6.07 Å². The molecule has 4 rings (SSSR count). The minimum absolute atomic E-state index is 0.110. The third-order valence-corrected chi connectivity index (χ3v) is 6.01. The zero-order valence-corrected chi connectivity index (χ0v) is 21.0. The van der Waals surface area contributed by atoms with Gasteiger partial charge in [0.1, 0.15) is 11.8 Å². The van der Waals surface area contributed by atoms with Crippen molar-refractivity contribution in [3.05, 3.63) is 65.6 Å². The molecule has 0 saturated carbocycles. The van der Waals surface area contributed by atoms with Gasteiger partial charge in [-0.25, -0.2) is 4.98 Å². The monoisotopic (exact) mass is 524 g/mol. The highest BCUT2D eigenvalue weighted by Crippen LogP contribution is 2.35. The van der Waals surface area contributed by atoms with Crippen molar-refractivity contribution < 1.29 is 27.4 Å². The number of terminal acetylenes is 1. The van der Waals surface area contributed by atoms with Gasteiger partial charge in [0.15, 0.2) is 0 Å². The largest absolute Gasteiger partial charge is 0.472 e. The number of pyridine rings is 2. The van der Waals surface area contributed by atoms with Crippen molar-refractivity contribution in [3.63, 3.8) is 0 Å². The number of halogens is 3. The summed E-state index contributed by atoms with van der Waals surface area (Å²) in [7, 11) is 0. The summed E-state index contributed by atoms with van der Waals surface area (Å²) in [6.45, 7) is 6.16. The molecular formula is C28H27F3N4O3. The molecule has 1 aliphatic heterocycles. The van der Waals surface area contributed by atoms with E-state index in [9.17, 15) is 18.0 Å². The second-order valence-corrected chi connectivity index (χ2v) is 8.87. The minimum Gasteiger partial charge on any atom is -0.472 e. The van der Waals surface area contributed by atoms with E-state index in [-0.39, 0.29) is 11.7 Å². The number of benzene rings is 1. The molecule has 3 aromatic rings. The lowest BCUT2D eigenvalue weighted by Gasteiger charge is -2.30. The summed E-state index contributed by atoms with van der Waals surface area (Å²) in [4.78, 5) is 23.8. The molecule has 1 aromatic carbocycles. The van der Waals surface area contributed by atoms with Crippen LogP contribution in [0.2, 0.25) is 0 Å². The second kappa shape index (κ2) is 11.5. The van der Waals surface area contributed by atoms with E-state index < -0.39 is 17.6 Å². The highest BCUT2D eigenvalue weighted by atomic mass is 19.4. The maximum Gasteiger partial charge on any atom is 0.416 e. The smallest absolute Gasteiger partial charge is 0.416 e. The van der Waals surface area contributed by atoms with E-state index >= 15 is 0 Å². The average molecular weight is 525 g/mol. The molecule has 7 nitrogen and oxygen atoms in total. The molecular weight excluding hydrogens is 497 g/mol. The third kappa shape index (κ3) is 6.42. The van der Waals surface area contributed by atoms with Crippen LogP contribution in [0.5, 0.6) is 5.88 Å². The van der Waals surface area contributed by atoms with Gasteiger partial charge in [0.2, 0.25) is 5.88 Å². The van der Waals surface area contributed by atoms with E-state index in [1.54, 1.807) is 12.3 Å². The topological polar surface area (TPSA) is 76.6 Å². The first-order chi connectivity index (χ1) is 18.2. The van der Waals surface area contributed by atoms with Crippen LogP contribution >= 0.6 is 0 Å². The van der Waals surface area contributed by atoms with Gasteiger partial charge in [-0.3, -0.25) is 9.78 Å². The van der Waals surface area contributed by atoms with Crippen molar-refractivity contribution in [1.29, 1.82) is 0 Å². The molecule has 1 amide bonds. The standard InChI is InChI=1S/C28H27F3N4O3/c1-4-6-18(2)38-27-25(35-9-11-37-12-10-35)14-21(16-33-27)24-15-23(17-32-19(24)3)34-26(36)20-7-5-8-22(13-20)28(29,30)31/h1,5,7-8,13-18H,6,9-12H2,2-3H3,(H,34,36). The molecule has 1 aliphatic rings. The summed E-state index contributed by atoms with van der Waals surface area (Å²) in [6, 6.07) is 7.92. The number of carbonyl (C=O) groups excluding carboxylic acids is 1. The predicted molar refractivity (Wildman–Crippen MR) is 138 cm³/mol. The summed E-state index contributed by atoms with van der Waals surface area (Å²) in [6.07, 6.45) is 4.20. The van der Waals surface area contributed by atoms with Gasteiger partial charge in [-0.05, 0) is 44.2 Å². The zero-order valence-electron chi connectivity index (χ0n) is 21.0. The average Bonchev–Trinajstić information content (AvgIpc) is 2.90. The van der Waals surface area contributed by atoms with Gasteiger partial charge >= 0.3 is 6.18 Å². The summed E-state index contributed by atoms with van der Waals surface area (Å²) >= 11 is 0. The molecule has 198 valence electrons. The Morgan fingerprint density at radius 1 is 1.21 bits per heavy atom. The molecule has 1 fully saturated rings. The number of amides is 1. The first-order valence-corrected chi connectivity index (χ1v) is 12.0. The number of aryl methyl sites for hydroxylation is 1. The molecule has 1 atom stereocenters. The van der Waals surface area contributed by atoms with E-state index in [0.717, 1.165) is 23.4 Å². The number of morpholine rings is 1. The number of hydrogen-bond donors (Lipinski definition) is 1. The van der Waals surface area contributed by atoms with Crippen LogP contribution in [0.25, 0.3) is 11.1 Å². The Balaban J connectivity index is 1.64. The van der Waals surface area contributed by atoms with Crippen LogP contribution in [0.15, 0.2) is 48.8 Å². The number of carbonyl (C=O) groups is 1. The second-order valence-electron chi connectivity index (χ2n) is 8.87. The van der Waals surface area contributed by atoms with Crippen molar-refractivity contribution in [2.75, 3.05) is 36.5 Å². The van der Waals surface area contributed by atoms with Gasteiger partial charge in [-0.2, -0.15) is 13.2 Å². The molecule has 0 aliphatic carbocycles. The Kier molecular flexibility index (Phi) is 8.17. The molecule has 1 saturated heterocycles. The molecule has 1 N–H and O–H groups in total. The SMILES string of the molecule is C#CCC(C)Oc1ncc(-c2cc(NC(=O)c3cccc(C(F)(F)F)c3)cnc2C)cc1N1CCOCC1. The molecule has 38 heavy (non-hydrogen) atoms. The normalized spacial score (nSPS) is 14.5. The fourth-order valence-corrected chi connectivity index (χ4v) is 4.04. The van der Waals surface area contributed by atoms with E-state index in [1.165, 1.54) is 18.3 Å². The first-order valence-electron chi connectivity index (χ1n) is 12.0. The van der Waals surface area contributed by atoms with Gasteiger partial charge in [0.05, 0.1) is 30.7 Å². The van der Waals surface area contributed by atoms with E-state index in [0.29, 0.717) is 55.5 Å². The maximum atomic E-state index is 13.1. The van der Waals surface area contributed by atoms with Gasteiger partial charge in [0.25, 0.3) is 5.91 Å². The van der Waals surface area contributed by atoms with Crippen molar-refractivity contribution in [2.24, 2.45) is 0 Å². The van der Waals surface area contributed by atoms with E-state index in [4.69, 9.17) is 15.9 Å². The number of anilines is 2. The molecule has 1 unspecified atom stereocenters. The summed E-state index contributed by atoms with van der Waals surface area (Å²) in [5, 5.41) is 2.64. The lowest BCUT2D eigenvalue weighted by molar-refractivity contribution is -0.137. The fourth-order valence-electron chi connectivity index (χ4n) is 4.04. The van der Waals surface area contributed by atoms with Crippen molar-refractivity contribution in [3.8, 4) is 29.4 Å². The maximum absolute atomic E-state index is 13.1. The van der Waals surface area contributed by atoms with Crippen LogP contribution in [0.3, 0.4) is 0 Å². The summed E-state index contributed by atoms with van der Waals surface area (Å²) in [5.41, 5.74) is 2.25. The van der Waals surface area contributed by atoms with Gasteiger partial charge in [0, 0.05) is 48.1 Å². The lowest BCUT2D eigenvalue weighted by atomic mass is 10.0. The highest BCUT2D eigenvalue weighted by Gasteiger charge is 2.31. The van der Waals surface area contributed by atoms with Crippen molar-refractivity contribution in [1.82, 2.24) is 9.97 Å². The minimum atomic E-state index is -4.55. The van der Waals surface area contributed by atoms with Crippen LogP contribution in [0.1, 0.15) is 35.0 Å². The van der Waals surface area contributed by atoms with Crippen LogP contribution in [-0.2, 0) is 10.9 Å². The molecule has 0 spiro atoms. The van der Waals surface area contributed by atoms with E-state index in [1.807, 2.05) is 19.9 Å². The van der Waals surface area contributed by atoms with Crippen molar-refractivity contribution >= 4 is 17.3 Å². The van der Waals surface area contributed by atoms with Crippen molar-refractivity contribution in [2.45, 2.75) is 32.5 Å². The molecule has 3 heterocycles. The number of aromatic nitrogens is 2. The Bertz CT molecular complexity index is 1350. The van der Waals surface area contributed by atoms with Gasteiger partial charge < -0.3 is 19.7 Å². The van der Waals surface area contributed by atoms with Crippen LogP contribution in [-0.4, -0.2) is 48.3 Å². The van der Waals surface area contributed by atoms with E-state index in [2.05, 4.69) is 26.1 Å². The summed E-state index contributed by atoms with van der Waals surface area (Å²) < 4.78 is 50.7. The van der Waals surface area contributed by atoms with Gasteiger partial charge in [-0.15, -0.1) is 12.3 Å². The zero-order chi connectivity index (χ0) is 27.3. The number of hydrogen-bond acceptors (Lipinski definition) is 6. The van der Waals surface area contributed by atoms with Crippen LogP contribution in [0.4, 0.5) is 24.5 Å². The number of rotatable bonds is 7. The molecule has 10 heteroatoms. The number of nitrogens with zero attached hydrogens (tertiary/aromatic N) is 3. The van der Waals surface area contributed by atoms with Crippen LogP contribution in [0, 0.1) is 19.3 Å². The molecule has 0 radical (unpaired) electrons. The number of alkyl halides is 3. The third-order valence-electron chi connectivity index (χ3n) is 6.01. The fraction of sp³-hybridized carbons (Fsp3) is 0.321. The number of ether oxygens (including phenoxy) is 2. The lowest BCUT2D eigenvalue weighted by Crippen LogP contribution is -2.36. The molecule has 2 aromatic heterocycles.